The molecule has 1 fully saturated rings. The Morgan fingerprint density at radius 2 is 1.87 bits per heavy atom. The van der Waals surface area contributed by atoms with Gasteiger partial charge in [-0.05, 0) is 38.8 Å². The molecule has 2 aromatic rings. The number of piperidine rings is 1. The van der Waals surface area contributed by atoms with Crippen molar-refractivity contribution in [2.75, 3.05) is 26.8 Å². The quantitative estimate of drug-likeness (QED) is 0.736. The van der Waals surface area contributed by atoms with Gasteiger partial charge in [-0.25, -0.2) is 0 Å². The molecule has 0 aliphatic carbocycles. The highest BCUT2D eigenvalue weighted by atomic mass is 16.5. The molecule has 1 amide bonds. The van der Waals surface area contributed by atoms with Crippen LogP contribution in [0.3, 0.4) is 0 Å². The molecule has 2 aromatic carbocycles. The molecule has 1 saturated heterocycles. The monoisotopic (exact) mass is 424 g/mol. The maximum absolute atomic E-state index is 12.5. The number of benzene rings is 2. The first-order chi connectivity index (χ1) is 14.9. The van der Waals surface area contributed by atoms with Crippen LogP contribution in [-0.4, -0.2) is 49.3 Å². The van der Waals surface area contributed by atoms with E-state index in [1.807, 2.05) is 30.3 Å². The third-order valence-corrected chi connectivity index (χ3v) is 5.95. The van der Waals surface area contributed by atoms with Crippen LogP contribution in [0.5, 0.6) is 17.2 Å². The van der Waals surface area contributed by atoms with Crippen LogP contribution in [0.25, 0.3) is 0 Å². The highest BCUT2D eigenvalue weighted by Crippen LogP contribution is 2.41. The van der Waals surface area contributed by atoms with Crippen LogP contribution in [0.1, 0.15) is 37.8 Å². The standard InChI is InChI=1S/C25H32N2O4/c1-25(2)15-18-8-6-10-22(24(18)31-25)30-17-23(28)26-20-11-13-27(14-12-20)16-19-7-4-5-9-21(19)29-3/h4-10,20H,11-17H2,1-3H3,(H,26,28). The largest absolute Gasteiger partial charge is 0.496 e. The number of hydrogen-bond acceptors (Lipinski definition) is 5. The molecule has 2 aliphatic heterocycles. The fourth-order valence-corrected chi connectivity index (χ4v) is 4.42. The van der Waals surface area contributed by atoms with Crippen LogP contribution < -0.4 is 19.5 Å². The number of methoxy groups -OCH3 is 1. The number of likely N-dealkylation sites (tertiary alicyclic amines) is 1. The van der Waals surface area contributed by atoms with Crippen molar-refractivity contribution in [3.05, 3.63) is 53.6 Å². The fourth-order valence-electron chi connectivity index (χ4n) is 4.42. The summed E-state index contributed by atoms with van der Waals surface area (Å²) in [6.07, 6.45) is 2.71. The Hall–Kier alpha value is -2.73. The lowest BCUT2D eigenvalue weighted by molar-refractivity contribution is -0.124. The number of carbonyl (C=O) groups excluding carboxylic acids is 1. The number of amides is 1. The molecule has 31 heavy (non-hydrogen) atoms. The van der Waals surface area contributed by atoms with E-state index in [0.717, 1.165) is 56.0 Å². The van der Waals surface area contributed by atoms with Gasteiger partial charge in [-0.1, -0.05) is 30.3 Å². The Labute approximate surface area is 184 Å². The van der Waals surface area contributed by atoms with Gasteiger partial charge in [0, 0.05) is 43.2 Å². The Morgan fingerprint density at radius 1 is 1.13 bits per heavy atom. The minimum atomic E-state index is -0.234. The second-order valence-corrected chi connectivity index (χ2v) is 9.00. The highest BCUT2D eigenvalue weighted by Gasteiger charge is 2.32. The maximum Gasteiger partial charge on any atom is 0.258 e. The number of hydrogen-bond donors (Lipinski definition) is 1. The summed E-state index contributed by atoms with van der Waals surface area (Å²) in [5, 5.41) is 3.12. The average Bonchev–Trinajstić information content (AvgIpc) is 3.08. The molecule has 4 rings (SSSR count). The zero-order valence-electron chi connectivity index (χ0n) is 18.6. The molecule has 0 spiro atoms. The molecule has 0 radical (unpaired) electrons. The number of ether oxygens (including phenoxy) is 3. The number of fused-ring (bicyclic) bond motifs is 1. The van der Waals surface area contributed by atoms with Crippen LogP contribution in [0, 0.1) is 0 Å². The second kappa shape index (κ2) is 9.18. The molecule has 0 bridgehead atoms. The van der Waals surface area contributed by atoms with Crippen molar-refractivity contribution in [3.8, 4) is 17.2 Å². The lowest BCUT2D eigenvalue weighted by Crippen LogP contribution is -2.45. The van der Waals surface area contributed by atoms with Gasteiger partial charge in [0.1, 0.15) is 11.4 Å². The summed E-state index contributed by atoms with van der Waals surface area (Å²) in [5.41, 5.74) is 2.09. The molecular weight excluding hydrogens is 392 g/mol. The summed E-state index contributed by atoms with van der Waals surface area (Å²) in [7, 11) is 1.71. The lowest BCUT2D eigenvalue weighted by atomic mass is 10.0. The van der Waals surface area contributed by atoms with Crippen LogP contribution in [0.2, 0.25) is 0 Å². The number of para-hydroxylation sites is 2. The minimum absolute atomic E-state index is 0.00166. The zero-order valence-corrected chi connectivity index (χ0v) is 18.6. The van der Waals surface area contributed by atoms with Gasteiger partial charge in [-0.2, -0.15) is 0 Å². The molecule has 6 heteroatoms. The van der Waals surface area contributed by atoms with Gasteiger partial charge >= 0.3 is 0 Å². The Morgan fingerprint density at radius 3 is 2.65 bits per heavy atom. The van der Waals surface area contributed by atoms with Crippen molar-refractivity contribution in [2.24, 2.45) is 0 Å². The van der Waals surface area contributed by atoms with Crippen molar-refractivity contribution < 1.29 is 19.0 Å². The first kappa shape index (κ1) is 21.5. The summed E-state index contributed by atoms with van der Waals surface area (Å²) in [4.78, 5) is 14.9. The van der Waals surface area contributed by atoms with E-state index in [0.29, 0.717) is 5.75 Å². The topological polar surface area (TPSA) is 60.0 Å². The van der Waals surface area contributed by atoms with E-state index in [1.54, 1.807) is 7.11 Å². The summed E-state index contributed by atoms with van der Waals surface area (Å²) >= 11 is 0. The van der Waals surface area contributed by atoms with Crippen molar-refractivity contribution in [3.63, 3.8) is 0 Å². The van der Waals surface area contributed by atoms with Gasteiger partial charge < -0.3 is 19.5 Å². The van der Waals surface area contributed by atoms with Crippen molar-refractivity contribution >= 4 is 5.91 Å². The zero-order chi connectivity index (χ0) is 21.8. The Kier molecular flexibility index (Phi) is 6.37. The molecule has 0 unspecified atom stereocenters. The van der Waals surface area contributed by atoms with E-state index in [-0.39, 0.29) is 24.2 Å². The Bertz CT molecular complexity index is 919. The molecule has 6 nitrogen and oxygen atoms in total. The van der Waals surface area contributed by atoms with E-state index in [4.69, 9.17) is 14.2 Å². The summed E-state index contributed by atoms with van der Waals surface area (Å²) in [6, 6.07) is 14.2. The van der Waals surface area contributed by atoms with Crippen LogP contribution in [-0.2, 0) is 17.8 Å². The fraction of sp³-hybridized carbons (Fsp3) is 0.480. The number of nitrogens with one attached hydrogen (secondary N) is 1. The van der Waals surface area contributed by atoms with E-state index in [2.05, 4.69) is 36.2 Å². The molecule has 166 valence electrons. The van der Waals surface area contributed by atoms with Crippen LogP contribution in [0.15, 0.2) is 42.5 Å². The lowest BCUT2D eigenvalue weighted by Gasteiger charge is -2.32. The SMILES string of the molecule is COc1ccccc1CN1CCC(NC(=O)COc2cccc3c2OC(C)(C)C3)CC1. The molecule has 2 heterocycles. The van der Waals surface area contributed by atoms with E-state index < -0.39 is 0 Å². The van der Waals surface area contributed by atoms with Crippen LogP contribution >= 0.6 is 0 Å². The van der Waals surface area contributed by atoms with Gasteiger partial charge in [-0.3, -0.25) is 9.69 Å². The van der Waals surface area contributed by atoms with Crippen molar-refractivity contribution in [2.45, 2.75) is 51.3 Å². The second-order valence-electron chi connectivity index (χ2n) is 9.00. The maximum atomic E-state index is 12.5. The molecule has 0 atom stereocenters. The van der Waals surface area contributed by atoms with Gasteiger partial charge in [-0.15, -0.1) is 0 Å². The molecular formula is C25H32N2O4. The third kappa shape index (κ3) is 5.31. The predicted octanol–water partition coefficient (Wildman–Crippen LogP) is 3.57. The molecule has 0 saturated carbocycles. The van der Waals surface area contributed by atoms with Gasteiger partial charge in [0.05, 0.1) is 7.11 Å². The number of carbonyl (C=O) groups is 1. The van der Waals surface area contributed by atoms with Crippen molar-refractivity contribution in [1.29, 1.82) is 0 Å². The van der Waals surface area contributed by atoms with Crippen LogP contribution in [0.4, 0.5) is 0 Å². The number of nitrogens with zero attached hydrogens (tertiary/aromatic N) is 1. The Balaban J connectivity index is 1.23. The van der Waals surface area contributed by atoms with Crippen molar-refractivity contribution in [1.82, 2.24) is 10.2 Å². The average molecular weight is 425 g/mol. The summed E-state index contributed by atoms with van der Waals surface area (Å²) in [5.74, 6) is 2.25. The van der Waals surface area contributed by atoms with E-state index in [9.17, 15) is 4.79 Å². The highest BCUT2D eigenvalue weighted by molar-refractivity contribution is 5.78. The van der Waals surface area contributed by atoms with Gasteiger partial charge in [0.2, 0.25) is 0 Å². The van der Waals surface area contributed by atoms with Gasteiger partial charge in [0.25, 0.3) is 5.91 Å². The molecule has 0 aromatic heterocycles. The third-order valence-electron chi connectivity index (χ3n) is 5.95. The molecule has 1 N–H and O–H groups in total. The predicted molar refractivity (Wildman–Crippen MR) is 120 cm³/mol. The normalized spacial score (nSPS) is 18.2. The smallest absolute Gasteiger partial charge is 0.258 e. The van der Waals surface area contributed by atoms with Gasteiger partial charge in [0.15, 0.2) is 18.1 Å². The van der Waals surface area contributed by atoms with E-state index in [1.165, 1.54) is 5.56 Å². The minimum Gasteiger partial charge on any atom is -0.496 e. The first-order valence-corrected chi connectivity index (χ1v) is 11.0. The molecule has 2 aliphatic rings. The summed E-state index contributed by atoms with van der Waals surface area (Å²) < 4.78 is 17.3. The number of rotatable bonds is 7. The first-order valence-electron chi connectivity index (χ1n) is 11.0. The van der Waals surface area contributed by atoms with E-state index >= 15 is 0 Å². The summed E-state index contributed by atoms with van der Waals surface area (Å²) in [6.45, 7) is 6.87.